The van der Waals surface area contributed by atoms with Gasteiger partial charge in [0, 0.05) is 29.7 Å². The summed E-state index contributed by atoms with van der Waals surface area (Å²) in [6, 6.07) is 6.45. The average Bonchev–Trinajstić information content (AvgIpc) is 2.81. The standard InChI is InChI=1S/C14H19BrN4O/c1-10(2)16-7-11-6-12(15)4-5-13(11)20-8-14-18-17-9-19(14)3/h4-6,9-10,16H,7-8H2,1-3H3. The molecule has 0 amide bonds. The number of hydrogen-bond acceptors (Lipinski definition) is 4. The topological polar surface area (TPSA) is 52.0 Å². The average molecular weight is 339 g/mol. The lowest BCUT2D eigenvalue weighted by Crippen LogP contribution is -2.22. The van der Waals surface area contributed by atoms with E-state index in [1.54, 1.807) is 6.33 Å². The fourth-order valence-corrected chi connectivity index (χ4v) is 2.13. The van der Waals surface area contributed by atoms with Crippen LogP contribution >= 0.6 is 15.9 Å². The highest BCUT2D eigenvalue weighted by molar-refractivity contribution is 9.10. The van der Waals surface area contributed by atoms with Crippen molar-refractivity contribution in [3.05, 3.63) is 40.4 Å². The highest BCUT2D eigenvalue weighted by atomic mass is 79.9. The Labute approximate surface area is 127 Å². The van der Waals surface area contributed by atoms with Crippen LogP contribution in [0.3, 0.4) is 0 Å². The molecule has 2 rings (SSSR count). The Hall–Kier alpha value is -1.40. The van der Waals surface area contributed by atoms with Crippen molar-refractivity contribution < 1.29 is 4.74 Å². The first-order chi connectivity index (χ1) is 9.56. The van der Waals surface area contributed by atoms with Crippen LogP contribution in [0.5, 0.6) is 5.75 Å². The molecule has 108 valence electrons. The van der Waals surface area contributed by atoms with Crippen LogP contribution in [0.1, 0.15) is 25.2 Å². The minimum absolute atomic E-state index is 0.410. The van der Waals surface area contributed by atoms with Crippen LogP contribution < -0.4 is 10.1 Å². The van der Waals surface area contributed by atoms with Crippen molar-refractivity contribution in [3.63, 3.8) is 0 Å². The van der Waals surface area contributed by atoms with E-state index in [2.05, 4.69) is 51.4 Å². The van der Waals surface area contributed by atoms with E-state index in [1.165, 1.54) is 0 Å². The monoisotopic (exact) mass is 338 g/mol. The van der Waals surface area contributed by atoms with Gasteiger partial charge in [0.2, 0.25) is 0 Å². The third-order valence-electron chi connectivity index (χ3n) is 2.89. The van der Waals surface area contributed by atoms with Crippen molar-refractivity contribution in [2.75, 3.05) is 0 Å². The van der Waals surface area contributed by atoms with E-state index in [0.29, 0.717) is 12.6 Å². The van der Waals surface area contributed by atoms with Crippen LogP contribution in [0.15, 0.2) is 29.0 Å². The molecule has 0 saturated heterocycles. The van der Waals surface area contributed by atoms with Gasteiger partial charge in [-0.05, 0) is 18.2 Å². The number of aryl methyl sites for hydroxylation is 1. The number of benzene rings is 1. The quantitative estimate of drug-likeness (QED) is 0.879. The zero-order valence-corrected chi connectivity index (χ0v) is 13.5. The number of aromatic nitrogens is 3. The Kier molecular flexibility index (Phi) is 5.14. The van der Waals surface area contributed by atoms with Gasteiger partial charge >= 0.3 is 0 Å². The molecule has 0 radical (unpaired) electrons. The highest BCUT2D eigenvalue weighted by Crippen LogP contribution is 2.24. The third-order valence-corrected chi connectivity index (χ3v) is 3.38. The second-order valence-corrected chi connectivity index (χ2v) is 5.85. The summed E-state index contributed by atoms with van der Waals surface area (Å²) in [5.74, 6) is 1.67. The molecule has 0 spiro atoms. The van der Waals surface area contributed by atoms with Crippen LogP contribution in [0, 0.1) is 0 Å². The summed E-state index contributed by atoms with van der Waals surface area (Å²) in [4.78, 5) is 0. The molecule has 0 bridgehead atoms. The van der Waals surface area contributed by atoms with Crippen LogP contribution in [0.4, 0.5) is 0 Å². The summed E-state index contributed by atoms with van der Waals surface area (Å²) in [6.45, 7) is 5.42. The van der Waals surface area contributed by atoms with Crippen LogP contribution in [0.2, 0.25) is 0 Å². The molecule has 1 aromatic carbocycles. The Bertz CT molecular complexity index is 568. The minimum atomic E-state index is 0.410. The SMILES string of the molecule is CC(C)NCc1cc(Br)ccc1OCc1nncn1C. The molecule has 20 heavy (non-hydrogen) atoms. The van der Waals surface area contributed by atoms with Gasteiger partial charge in [-0.2, -0.15) is 0 Å². The summed E-state index contributed by atoms with van der Waals surface area (Å²) in [5.41, 5.74) is 1.12. The summed E-state index contributed by atoms with van der Waals surface area (Å²) >= 11 is 3.49. The lowest BCUT2D eigenvalue weighted by atomic mass is 10.2. The molecule has 0 saturated carbocycles. The van der Waals surface area contributed by atoms with E-state index in [0.717, 1.165) is 28.2 Å². The molecular weight excluding hydrogens is 320 g/mol. The minimum Gasteiger partial charge on any atom is -0.485 e. The Morgan fingerprint density at radius 2 is 2.20 bits per heavy atom. The van der Waals surface area contributed by atoms with Crippen LogP contribution in [0.25, 0.3) is 0 Å². The van der Waals surface area contributed by atoms with Gasteiger partial charge in [-0.3, -0.25) is 0 Å². The van der Waals surface area contributed by atoms with Gasteiger partial charge in [0.05, 0.1) is 0 Å². The molecule has 0 fully saturated rings. The van der Waals surface area contributed by atoms with Crippen molar-refractivity contribution in [2.45, 2.75) is 33.0 Å². The van der Waals surface area contributed by atoms with Gasteiger partial charge in [-0.25, -0.2) is 0 Å². The Morgan fingerprint density at radius 3 is 2.85 bits per heavy atom. The van der Waals surface area contributed by atoms with E-state index >= 15 is 0 Å². The van der Waals surface area contributed by atoms with Crippen molar-refractivity contribution in [1.29, 1.82) is 0 Å². The number of rotatable bonds is 6. The van der Waals surface area contributed by atoms with Crippen molar-refractivity contribution in [2.24, 2.45) is 7.05 Å². The zero-order valence-electron chi connectivity index (χ0n) is 11.9. The first-order valence-electron chi connectivity index (χ1n) is 6.53. The predicted octanol–water partition coefficient (Wildman–Crippen LogP) is 2.65. The number of halogens is 1. The fraction of sp³-hybridized carbons (Fsp3) is 0.429. The van der Waals surface area contributed by atoms with Crippen LogP contribution in [-0.2, 0) is 20.2 Å². The predicted molar refractivity (Wildman–Crippen MR) is 81.5 cm³/mol. The molecule has 1 aromatic heterocycles. The second-order valence-electron chi connectivity index (χ2n) is 4.93. The first-order valence-corrected chi connectivity index (χ1v) is 7.33. The van der Waals surface area contributed by atoms with Crippen molar-refractivity contribution in [1.82, 2.24) is 20.1 Å². The number of nitrogens with zero attached hydrogens (tertiary/aromatic N) is 3. The normalized spacial score (nSPS) is 11.1. The molecule has 0 atom stereocenters. The molecule has 2 aromatic rings. The third kappa shape index (κ3) is 4.05. The maximum atomic E-state index is 5.87. The molecule has 5 nitrogen and oxygen atoms in total. The molecule has 0 aliphatic carbocycles. The van der Waals surface area contributed by atoms with E-state index in [-0.39, 0.29) is 0 Å². The summed E-state index contributed by atoms with van der Waals surface area (Å²) in [7, 11) is 1.90. The smallest absolute Gasteiger partial charge is 0.170 e. The van der Waals surface area contributed by atoms with E-state index in [4.69, 9.17) is 4.74 Å². The lowest BCUT2D eigenvalue weighted by molar-refractivity contribution is 0.287. The number of ether oxygens (including phenoxy) is 1. The lowest BCUT2D eigenvalue weighted by Gasteiger charge is -2.14. The largest absolute Gasteiger partial charge is 0.485 e. The maximum Gasteiger partial charge on any atom is 0.170 e. The molecule has 1 N–H and O–H groups in total. The van der Waals surface area contributed by atoms with Gasteiger partial charge in [0.1, 0.15) is 18.7 Å². The van der Waals surface area contributed by atoms with Gasteiger partial charge in [-0.1, -0.05) is 29.8 Å². The second kappa shape index (κ2) is 6.85. The maximum absolute atomic E-state index is 5.87. The van der Waals surface area contributed by atoms with Gasteiger partial charge in [-0.15, -0.1) is 10.2 Å². The summed E-state index contributed by atoms with van der Waals surface area (Å²) < 4.78 is 8.76. The molecule has 1 heterocycles. The Balaban J connectivity index is 2.08. The number of nitrogens with one attached hydrogen (secondary N) is 1. The van der Waals surface area contributed by atoms with E-state index in [1.807, 2.05) is 23.7 Å². The van der Waals surface area contributed by atoms with E-state index < -0.39 is 0 Å². The van der Waals surface area contributed by atoms with Gasteiger partial charge < -0.3 is 14.6 Å². The Morgan fingerprint density at radius 1 is 1.40 bits per heavy atom. The molecule has 6 heteroatoms. The summed E-state index contributed by atoms with van der Waals surface area (Å²) in [5, 5.41) is 11.3. The van der Waals surface area contributed by atoms with Crippen molar-refractivity contribution >= 4 is 15.9 Å². The molecular formula is C14H19BrN4O. The van der Waals surface area contributed by atoms with Gasteiger partial charge in [0.25, 0.3) is 0 Å². The first kappa shape index (κ1) is 15.0. The van der Waals surface area contributed by atoms with Crippen molar-refractivity contribution in [3.8, 4) is 5.75 Å². The molecule has 0 unspecified atom stereocenters. The summed E-state index contributed by atoms with van der Waals surface area (Å²) in [6.07, 6.45) is 1.67. The molecule has 0 aliphatic heterocycles. The molecule has 0 aliphatic rings. The van der Waals surface area contributed by atoms with Crippen LogP contribution in [-0.4, -0.2) is 20.8 Å². The van der Waals surface area contributed by atoms with Gasteiger partial charge in [0.15, 0.2) is 5.82 Å². The number of hydrogen-bond donors (Lipinski definition) is 1. The van der Waals surface area contributed by atoms with E-state index in [9.17, 15) is 0 Å². The highest BCUT2D eigenvalue weighted by Gasteiger charge is 2.08. The fourth-order valence-electron chi connectivity index (χ4n) is 1.72. The zero-order chi connectivity index (χ0) is 14.5.